The number of carbonyl (C=O) groups is 1. The van der Waals surface area contributed by atoms with E-state index in [4.69, 9.17) is 0 Å². The summed E-state index contributed by atoms with van der Waals surface area (Å²) in [6, 6.07) is 0. The first-order chi connectivity index (χ1) is 8.40. The van der Waals surface area contributed by atoms with E-state index < -0.39 is 40.1 Å². The highest BCUT2D eigenvalue weighted by atomic mass is 19.3. The van der Waals surface area contributed by atoms with Gasteiger partial charge in [-0.05, 0) is 6.92 Å². The minimum absolute atomic E-state index is 0.0946. The second-order valence-corrected chi connectivity index (χ2v) is 3.00. The summed E-state index contributed by atoms with van der Waals surface area (Å²) in [6.45, 7) is 1.34. The molecule has 1 heterocycles. The number of ether oxygens (including phenoxy) is 1. The zero-order chi connectivity index (χ0) is 13.9. The molecule has 9 heteroatoms. The maximum absolute atomic E-state index is 13.6. The molecule has 1 aromatic rings. The molecule has 0 atom stereocenters. The van der Waals surface area contributed by atoms with E-state index in [0.717, 1.165) is 0 Å². The highest BCUT2D eigenvalue weighted by molar-refractivity contribution is 5.90. The van der Waals surface area contributed by atoms with Crippen LogP contribution in [0.3, 0.4) is 0 Å². The lowest BCUT2D eigenvalue weighted by molar-refractivity contribution is -0.389. The van der Waals surface area contributed by atoms with Crippen molar-refractivity contribution in [3.05, 3.63) is 33.4 Å². The Bertz CT molecular complexity index is 493. The number of esters is 1. The SMILES string of the molecule is CCOC(=O)c1cnc(C(F)F)c([N+](=O)[O-])c1F. The van der Waals surface area contributed by atoms with Crippen molar-refractivity contribution in [2.75, 3.05) is 6.61 Å². The van der Waals surface area contributed by atoms with Crippen molar-refractivity contribution < 1.29 is 27.6 Å². The number of nitrogens with zero attached hydrogens (tertiary/aromatic N) is 2. The van der Waals surface area contributed by atoms with Gasteiger partial charge in [0.2, 0.25) is 5.82 Å². The number of nitro groups is 1. The molecule has 0 radical (unpaired) electrons. The summed E-state index contributed by atoms with van der Waals surface area (Å²) in [6.07, 6.45) is -2.84. The van der Waals surface area contributed by atoms with E-state index in [9.17, 15) is 28.1 Å². The molecule has 0 aliphatic heterocycles. The van der Waals surface area contributed by atoms with Crippen molar-refractivity contribution in [2.45, 2.75) is 13.3 Å². The first kappa shape index (κ1) is 13.9. The van der Waals surface area contributed by atoms with E-state index in [1.165, 1.54) is 6.92 Å². The third kappa shape index (κ3) is 2.55. The number of pyridine rings is 1. The van der Waals surface area contributed by atoms with E-state index in [1.807, 2.05) is 0 Å². The Morgan fingerprint density at radius 2 is 2.22 bits per heavy atom. The average Bonchev–Trinajstić information content (AvgIpc) is 2.27. The largest absolute Gasteiger partial charge is 0.462 e. The van der Waals surface area contributed by atoms with Gasteiger partial charge in [0.25, 0.3) is 6.43 Å². The lowest BCUT2D eigenvalue weighted by Gasteiger charge is -2.06. The molecule has 0 aliphatic carbocycles. The third-order valence-electron chi connectivity index (χ3n) is 1.90. The van der Waals surface area contributed by atoms with Gasteiger partial charge in [-0.15, -0.1) is 0 Å². The molecular formula is C9H7F3N2O4. The second-order valence-electron chi connectivity index (χ2n) is 3.00. The van der Waals surface area contributed by atoms with Crippen LogP contribution in [0, 0.1) is 15.9 Å². The van der Waals surface area contributed by atoms with Crippen LogP contribution in [-0.4, -0.2) is 22.5 Å². The summed E-state index contributed by atoms with van der Waals surface area (Å²) in [5.74, 6) is -2.88. The van der Waals surface area contributed by atoms with Crippen LogP contribution in [0.1, 0.15) is 29.4 Å². The molecule has 1 rings (SSSR count). The Morgan fingerprint density at radius 1 is 1.61 bits per heavy atom. The van der Waals surface area contributed by atoms with Crippen LogP contribution in [0.5, 0.6) is 0 Å². The van der Waals surface area contributed by atoms with E-state index in [0.29, 0.717) is 6.20 Å². The highest BCUT2D eigenvalue weighted by Gasteiger charge is 2.32. The number of hydrogen-bond donors (Lipinski definition) is 0. The quantitative estimate of drug-likeness (QED) is 0.473. The number of rotatable bonds is 4. The minimum Gasteiger partial charge on any atom is -0.462 e. The van der Waals surface area contributed by atoms with E-state index in [2.05, 4.69) is 9.72 Å². The van der Waals surface area contributed by atoms with Gasteiger partial charge < -0.3 is 4.74 Å². The number of hydrogen-bond acceptors (Lipinski definition) is 5. The lowest BCUT2D eigenvalue weighted by atomic mass is 10.2. The summed E-state index contributed by atoms with van der Waals surface area (Å²) >= 11 is 0. The number of alkyl halides is 2. The monoisotopic (exact) mass is 264 g/mol. The van der Waals surface area contributed by atoms with Gasteiger partial charge in [-0.25, -0.2) is 18.6 Å². The first-order valence-electron chi connectivity index (χ1n) is 4.68. The normalized spacial score (nSPS) is 10.5. The molecule has 98 valence electrons. The van der Waals surface area contributed by atoms with Crippen LogP contribution in [0.4, 0.5) is 18.9 Å². The van der Waals surface area contributed by atoms with E-state index in [1.54, 1.807) is 0 Å². The van der Waals surface area contributed by atoms with Gasteiger partial charge in [-0.2, -0.15) is 4.39 Å². The fourth-order valence-electron chi connectivity index (χ4n) is 1.18. The Balaban J connectivity index is 3.39. The Morgan fingerprint density at radius 3 is 2.67 bits per heavy atom. The van der Waals surface area contributed by atoms with Crippen molar-refractivity contribution in [1.29, 1.82) is 0 Å². The molecule has 18 heavy (non-hydrogen) atoms. The van der Waals surface area contributed by atoms with Crippen molar-refractivity contribution in [1.82, 2.24) is 4.98 Å². The van der Waals surface area contributed by atoms with E-state index >= 15 is 0 Å². The van der Waals surface area contributed by atoms with Crippen LogP contribution in [0.25, 0.3) is 0 Å². The molecule has 0 saturated heterocycles. The van der Waals surface area contributed by atoms with Crippen molar-refractivity contribution in [3.63, 3.8) is 0 Å². The van der Waals surface area contributed by atoms with Crippen LogP contribution in [0.15, 0.2) is 6.20 Å². The Kier molecular flexibility index (Phi) is 4.18. The molecule has 0 aliphatic rings. The minimum atomic E-state index is -3.32. The fraction of sp³-hybridized carbons (Fsp3) is 0.333. The highest BCUT2D eigenvalue weighted by Crippen LogP contribution is 2.30. The molecule has 0 fully saturated rings. The maximum Gasteiger partial charge on any atom is 0.342 e. The molecule has 0 bridgehead atoms. The molecular weight excluding hydrogens is 257 g/mol. The predicted octanol–water partition coefficient (Wildman–Crippen LogP) is 2.24. The van der Waals surface area contributed by atoms with Gasteiger partial charge in [0.1, 0.15) is 5.56 Å². The van der Waals surface area contributed by atoms with Gasteiger partial charge in [-0.1, -0.05) is 0 Å². The van der Waals surface area contributed by atoms with Crippen molar-refractivity contribution in [2.24, 2.45) is 0 Å². The zero-order valence-corrected chi connectivity index (χ0v) is 9.02. The van der Waals surface area contributed by atoms with Crippen LogP contribution in [0.2, 0.25) is 0 Å². The van der Waals surface area contributed by atoms with Crippen LogP contribution in [-0.2, 0) is 4.74 Å². The maximum atomic E-state index is 13.6. The van der Waals surface area contributed by atoms with Crippen molar-refractivity contribution in [3.8, 4) is 0 Å². The molecule has 6 nitrogen and oxygen atoms in total. The van der Waals surface area contributed by atoms with Gasteiger partial charge in [-0.3, -0.25) is 10.1 Å². The average molecular weight is 264 g/mol. The van der Waals surface area contributed by atoms with Gasteiger partial charge in [0.05, 0.1) is 11.5 Å². The summed E-state index contributed by atoms with van der Waals surface area (Å²) in [7, 11) is 0. The topological polar surface area (TPSA) is 82.3 Å². The standard InChI is InChI=1S/C9H7F3N2O4/c1-2-18-9(15)4-3-13-6(8(11)12)7(5(4)10)14(16)17/h3,8H,2H2,1H3. The van der Waals surface area contributed by atoms with E-state index in [-0.39, 0.29) is 6.61 Å². The third-order valence-corrected chi connectivity index (χ3v) is 1.90. The number of halogens is 3. The molecule has 0 unspecified atom stereocenters. The molecule has 0 amide bonds. The van der Waals surface area contributed by atoms with Crippen LogP contribution >= 0.6 is 0 Å². The second kappa shape index (κ2) is 5.43. The first-order valence-corrected chi connectivity index (χ1v) is 4.68. The molecule has 0 aromatic carbocycles. The smallest absolute Gasteiger partial charge is 0.342 e. The van der Waals surface area contributed by atoms with Gasteiger partial charge >= 0.3 is 11.7 Å². The summed E-state index contributed by atoms with van der Waals surface area (Å²) in [5.41, 5.74) is -3.70. The molecule has 0 saturated carbocycles. The summed E-state index contributed by atoms with van der Waals surface area (Å²) < 4.78 is 42.8. The molecule has 0 N–H and O–H groups in total. The molecule has 1 aromatic heterocycles. The summed E-state index contributed by atoms with van der Waals surface area (Å²) in [4.78, 5) is 23.4. The van der Waals surface area contributed by atoms with Crippen molar-refractivity contribution >= 4 is 11.7 Å². The Labute approximate surface area is 98.5 Å². The van der Waals surface area contributed by atoms with Crippen LogP contribution < -0.4 is 0 Å². The zero-order valence-electron chi connectivity index (χ0n) is 9.02. The lowest BCUT2D eigenvalue weighted by Crippen LogP contribution is -2.12. The summed E-state index contributed by atoms with van der Waals surface area (Å²) in [5, 5.41) is 10.5. The van der Waals surface area contributed by atoms with Gasteiger partial charge in [0, 0.05) is 6.20 Å². The van der Waals surface area contributed by atoms with Gasteiger partial charge in [0.15, 0.2) is 5.69 Å². The number of aromatic nitrogens is 1. The molecule has 0 spiro atoms. The Hall–Kier alpha value is -2.19. The fourth-order valence-corrected chi connectivity index (χ4v) is 1.18. The predicted molar refractivity (Wildman–Crippen MR) is 51.8 cm³/mol. The number of carbonyl (C=O) groups excluding carboxylic acids is 1.